The molecular weight excluding hydrogens is 334 g/mol. The molecule has 2 N–H and O–H groups in total. The molecule has 1 aliphatic rings. The SMILES string of the molecule is COc1ccc(-c2[nH]ncc2-c2cc3c(c(OC)c2)OCC(=O)N3)cc1. The summed E-state index contributed by atoms with van der Waals surface area (Å²) < 4.78 is 16.1. The summed E-state index contributed by atoms with van der Waals surface area (Å²) in [6.45, 7) is -0.0223. The highest BCUT2D eigenvalue weighted by Crippen LogP contribution is 2.43. The van der Waals surface area contributed by atoms with Gasteiger partial charge in [-0.15, -0.1) is 0 Å². The molecule has 1 aromatic heterocycles. The van der Waals surface area contributed by atoms with Gasteiger partial charge in [0, 0.05) is 11.1 Å². The van der Waals surface area contributed by atoms with E-state index in [0.29, 0.717) is 17.2 Å². The van der Waals surface area contributed by atoms with Crippen LogP contribution in [0.25, 0.3) is 22.4 Å². The largest absolute Gasteiger partial charge is 0.497 e. The summed E-state index contributed by atoms with van der Waals surface area (Å²) >= 11 is 0. The molecule has 0 bridgehead atoms. The first-order valence-corrected chi connectivity index (χ1v) is 8.02. The Kier molecular flexibility index (Phi) is 3.96. The van der Waals surface area contributed by atoms with Gasteiger partial charge in [-0.2, -0.15) is 5.10 Å². The first-order chi connectivity index (χ1) is 12.7. The van der Waals surface area contributed by atoms with Crippen molar-refractivity contribution in [3.63, 3.8) is 0 Å². The lowest BCUT2D eigenvalue weighted by Gasteiger charge is -2.21. The first-order valence-electron chi connectivity index (χ1n) is 8.02. The van der Waals surface area contributed by atoms with Crippen molar-refractivity contribution in [1.29, 1.82) is 0 Å². The molecule has 3 aromatic rings. The van der Waals surface area contributed by atoms with E-state index in [4.69, 9.17) is 14.2 Å². The maximum atomic E-state index is 11.7. The molecule has 0 spiro atoms. The highest BCUT2D eigenvalue weighted by Gasteiger charge is 2.22. The Morgan fingerprint density at radius 3 is 2.62 bits per heavy atom. The van der Waals surface area contributed by atoms with E-state index >= 15 is 0 Å². The minimum absolute atomic E-state index is 0.0223. The number of aromatic amines is 1. The van der Waals surface area contributed by atoms with Crippen molar-refractivity contribution in [2.24, 2.45) is 0 Å². The fourth-order valence-corrected chi connectivity index (χ4v) is 2.96. The molecule has 0 saturated heterocycles. The summed E-state index contributed by atoms with van der Waals surface area (Å²) in [7, 11) is 3.20. The van der Waals surface area contributed by atoms with Crippen LogP contribution in [0.2, 0.25) is 0 Å². The standard InChI is InChI=1S/C19H17N3O4/c1-24-13-5-3-11(4-6-13)18-14(9-20-22-18)12-7-15-19(16(8-12)25-2)26-10-17(23)21-15/h3-9H,10H2,1-2H3,(H,20,22)(H,21,23). The Balaban J connectivity index is 1.80. The van der Waals surface area contributed by atoms with Crippen molar-refractivity contribution >= 4 is 11.6 Å². The molecule has 7 heteroatoms. The zero-order valence-electron chi connectivity index (χ0n) is 14.3. The van der Waals surface area contributed by atoms with Crippen LogP contribution in [0.5, 0.6) is 17.2 Å². The molecule has 0 radical (unpaired) electrons. The van der Waals surface area contributed by atoms with Gasteiger partial charge in [0.15, 0.2) is 18.1 Å². The van der Waals surface area contributed by atoms with E-state index in [0.717, 1.165) is 28.1 Å². The molecule has 2 aromatic carbocycles. The van der Waals surface area contributed by atoms with Gasteiger partial charge in [-0.1, -0.05) is 0 Å². The number of anilines is 1. The number of ether oxygens (including phenoxy) is 3. The number of hydrogen-bond acceptors (Lipinski definition) is 5. The number of rotatable bonds is 4. The molecule has 7 nitrogen and oxygen atoms in total. The second-order valence-corrected chi connectivity index (χ2v) is 5.78. The van der Waals surface area contributed by atoms with Crippen molar-refractivity contribution in [1.82, 2.24) is 10.2 Å². The normalized spacial score (nSPS) is 12.8. The monoisotopic (exact) mass is 351 g/mol. The number of carbonyl (C=O) groups excluding carboxylic acids is 1. The zero-order chi connectivity index (χ0) is 18.1. The van der Waals surface area contributed by atoms with Crippen LogP contribution in [0.4, 0.5) is 5.69 Å². The van der Waals surface area contributed by atoms with Gasteiger partial charge in [-0.3, -0.25) is 9.89 Å². The molecule has 2 heterocycles. The molecule has 0 atom stereocenters. The number of benzene rings is 2. The predicted octanol–water partition coefficient (Wildman–Crippen LogP) is 3.09. The van der Waals surface area contributed by atoms with Crippen LogP contribution in [0.1, 0.15) is 0 Å². The van der Waals surface area contributed by atoms with Crippen LogP contribution >= 0.6 is 0 Å². The van der Waals surface area contributed by atoms with Crippen LogP contribution in [0, 0.1) is 0 Å². The highest BCUT2D eigenvalue weighted by molar-refractivity contribution is 5.97. The van der Waals surface area contributed by atoms with Crippen molar-refractivity contribution in [3.05, 3.63) is 42.6 Å². The summed E-state index contributed by atoms with van der Waals surface area (Å²) in [6.07, 6.45) is 1.74. The van der Waals surface area contributed by atoms with E-state index in [1.54, 1.807) is 20.4 Å². The van der Waals surface area contributed by atoms with Crippen LogP contribution in [-0.4, -0.2) is 36.9 Å². The summed E-state index contributed by atoms with van der Waals surface area (Å²) in [5.74, 6) is 1.68. The third-order valence-corrected chi connectivity index (χ3v) is 4.23. The summed E-state index contributed by atoms with van der Waals surface area (Å²) in [6, 6.07) is 11.4. The average Bonchev–Trinajstić information content (AvgIpc) is 3.16. The Morgan fingerprint density at radius 2 is 1.88 bits per heavy atom. The van der Waals surface area contributed by atoms with Crippen LogP contribution < -0.4 is 19.5 Å². The van der Waals surface area contributed by atoms with Gasteiger partial charge in [-0.25, -0.2) is 0 Å². The van der Waals surface area contributed by atoms with E-state index in [1.165, 1.54) is 0 Å². The Hall–Kier alpha value is -3.48. The molecule has 0 saturated carbocycles. The van der Waals surface area contributed by atoms with Crippen molar-refractivity contribution in [2.75, 3.05) is 26.1 Å². The fraction of sp³-hybridized carbons (Fsp3) is 0.158. The smallest absolute Gasteiger partial charge is 0.262 e. The van der Waals surface area contributed by atoms with Gasteiger partial charge in [0.25, 0.3) is 5.91 Å². The maximum absolute atomic E-state index is 11.7. The Bertz CT molecular complexity index is 963. The van der Waals surface area contributed by atoms with Gasteiger partial charge in [-0.05, 0) is 42.0 Å². The molecule has 1 amide bonds. The van der Waals surface area contributed by atoms with Crippen LogP contribution in [-0.2, 0) is 4.79 Å². The first kappa shape index (κ1) is 16.0. The van der Waals surface area contributed by atoms with Crippen molar-refractivity contribution < 1.29 is 19.0 Å². The molecule has 4 rings (SSSR count). The molecule has 0 unspecified atom stereocenters. The fourth-order valence-electron chi connectivity index (χ4n) is 2.96. The summed E-state index contributed by atoms with van der Waals surface area (Å²) in [5.41, 5.74) is 4.15. The molecule has 0 fully saturated rings. The van der Waals surface area contributed by atoms with Crippen molar-refractivity contribution in [2.45, 2.75) is 0 Å². The van der Waals surface area contributed by atoms with Gasteiger partial charge >= 0.3 is 0 Å². The molecule has 26 heavy (non-hydrogen) atoms. The minimum atomic E-state index is -0.195. The second kappa shape index (κ2) is 6.44. The molecular formula is C19H17N3O4. The zero-order valence-corrected chi connectivity index (χ0v) is 14.3. The second-order valence-electron chi connectivity index (χ2n) is 5.78. The van der Waals surface area contributed by atoms with E-state index in [9.17, 15) is 4.79 Å². The Morgan fingerprint density at radius 1 is 1.08 bits per heavy atom. The number of hydrogen-bond donors (Lipinski definition) is 2. The van der Waals surface area contributed by atoms with Gasteiger partial charge < -0.3 is 19.5 Å². The molecule has 0 aliphatic carbocycles. The number of carbonyl (C=O) groups is 1. The Labute approximate surface area is 149 Å². The summed E-state index contributed by atoms with van der Waals surface area (Å²) in [4.78, 5) is 11.7. The van der Waals surface area contributed by atoms with E-state index in [-0.39, 0.29) is 12.5 Å². The number of fused-ring (bicyclic) bond motifs is 1. The number of nitrogens with one attached hydrogen (secondary N) is 2. The number of H-pyrrole nitrogens is 1. The van der Waals surface area contributed by atoms with Gasteiger partial charge in [0.1, 0.15) is 5.75 Å². The molecule has 132 valence electrons. The number of aromatic nitrogens is 2. The van der Waals surface area contributed by atoms with Crippen LogP contribution in [0.3, 0.4) is 0 Å². The van der Waals surface area contributed by atoms with Crippen molar-refractivity contribution in [3.8, 4) is 39.6 Å². The lowest BCUT2D eigenvalue weighted by atomic mass is 10.00. The third kappa shape index (κ3) is 2.73. The van der Waals surface area contributed by atoms with Gasteiger partial charge in [0.05, 0.1) is 31.8 Å². The van der Waals surface area contributed by atoms with E-state index in [2.05, 4.69) is 15.5 Å². The van der Waals surface area contributed by atoms with E-state index in [1.807, 2.05) is 36.4 Å². The third-order valence-electron chi connectivity index (χ3n) is 4.23. The topological polar surface area (TPSA) is 85.5 Å². The quantitative estimate of drug-likeness (QED) is 0.754. The minimum Gasteiger partial charge on any atom is -0.497 e. The maximum Gasteiger partial charge on any atom is 0.262 e. The number of methoxy groups -OCH3 is 2. The predicted molar refractivity (Wildman–Crippen MR) is 96.7 cm³/mol. The summed E-state index contributed by atoms with van der Waals surface area (Å²) in [5, 5.41) is 10.0. The number of amides is 1. The average molecular weight is 351 g/mol. The number of nitrogens with zero attached hydrogens (tertiary/aromatic N) is 1. The van der Waals surface area contributed by atoms with Crippen LogP contribution in [0.15, 0.2) is 42.6 Å². The van der Waals surface area contributed by atoms with Gasteiger partial charge in [0.2, 0.25) is 0 Å². The van der Waals surface area contributed by atoms with E-state index < -0.39 is 0 Å². The molecule has 1 aliphatic heterocycles. The highest BCUT2D eigenvalue weighted by atomic mass is 16.5. The lowest BCUT2D eigenvalue weighted by Crippen LogP contribution is -2.25. The lowest BCUT2D eigenvalue weighted by molar-refractivity contribution is -0.118.